The van der Waals surface area contributed by atoms with E-state index in [0.717, 1.165) is 44.3 Å². The monoisotopic (exact) mass is 488 g/mol. The van der Waals surface area contributed by atoms with Crippen molar-refractivity contribution in [3.8, 4) is 5.75 Å². The van der Waals surface area contributed by atoms with Crippen molar-refractivity contribution in [2.24, 2.45) is 5.92 Å². The maximum Gasteiger partial charge on any atom is 0.242 e. The Morgan fingerprint density at radius 3 is 2.20 bits per heavy atom. The van der Waals surface area contributed by atoms with Crippen LogP contribution < -0.4 is 15.4 Å². The fourth-order valence-electron chi connectivity index (χ4n) is 3.91. The van der Waals surface area contributed by atoms with Gasteiger partial charge in [-0.3, -0.25) is 9.59 Å². The van der Waals surface area contributed by atoms with Gasteiger partial charge < -0.3 is 15.4 Å². The largest absolute Gasteiger partial charge is 0.493 e. The van der Waals surface area contributed by atoms with Crippen LogP contribution in [0.5, 0.6) is 5.75 Å². The van der Waals surface area contributed by atoms with Crippen LogP contribution >= 0.6 is 0 Å². The summed E-state index contributed by atoms with van der Waals surface area (Å²) >= 11 is 0. The normalized spacial score (nSPS) is 13.7. The SMILES string of the molecule is CCCC(=O)NC(C(=O)NCCCCOc1ccc(C(C)(C)CC)cc1C(C)(C)CC)C(C)CC. The first-order valence-corrected chi connectivity index (χ1v) is 13.8. The van der Waals surface area contributed by atoms with Gasteiger partial charge >= 0.3 is 0 Å². The van der Waals surface area contributed by atoms with Gasteiger partial charge in [-0.1, -0.05) is 80.9 Å². The Morgan fingerprint density at radius 1 is 0.971 bits per heavy atom. The molecule has 0 saturated heterocycles. The summed E-state index contributed by atoms with van der Waals surface area (Å²) in [5.74, 6) is 0.915. The second-order valence-electron chi connectivity index (χ2n) is 11.2. The number of carbonyl (C=O) groups is 2. The summed E-state index contributed by atoms with van der Waals surface area (Å²) in [5, 5.41) is 5.92. The molecule has 0 bridgehead atoms. The molecule has 0 radical (unpaired) electrons. The third-order valence-corrected chi connectivity index (χ3v) is 7.67. The summed E-state index contributed by atoms with van der Waals surface area (Å²) in [6.45, 7) is 20.8. The average molecular weight is 489 g/mol. The Hall–Kier alpha value is -2.04. The summed E-state index contributed by atoms with van der Waals surface area (Å²) in [4.78, 5) is 24.7. The molecule has 1 aromatic carbocycles. The van der Waals surface area contributed by atoms with Crippen molar-refractivity contribution >= 4 is 11.8 Å². The zero-order chi connectivity index (χ0) is 26.6. The highest BCUT2D eigenvalue weighted by Crippen LogP contribution is 2.38. The third-order valence-electron chi connectivity index (χ3n) is 7.67. The Balaban J connectivity index is 2.67. The van der Waals surface area contributed by atoms with Crippen LogP contribution in [0.25, 0.3) is 0 Å². The first-order chi connectivity index (χ1) is 16.4. The van der Waals surface area contributed by atoms with E-state index in [4.69, 9.17) is 4.74 Å². The summed E-state index contributed by atoms with van der Waals surface area (Å²) in [6.07, 6.45) is 5.87. The van der Waals surface area contributed by atoms with Crippen LogP contribution in [0.3, 0.4) is 0 Å². The lowest BCUT2D eigenvalue weighted by Crippen LogP contribution is -2.50. The van der Waals surface area contributed by atoms with Crippen LogP contribution in [0.2, 0.25) is 0 Å². The molecule has 1 aromatic rings. The van der Waals surface area contributed by atoms with Gasteiger partial charge in [-0.05, 0) is 60.5 Å². The van der Waals surface area contributed by atoms with Gasteiger partial charge in [-0.2, -0.15) is 0 Å². The van der Waals surface area contributed by atoms with E-state index in [1.807, 2.05) is 20.8 Å². The van der Waals surface area contributed by atoms with Crippen molar-refractivity contribution in [2.45, 2.75) is 124 Å². The van der Waals surface area contributed by atoms with E-state index < -0.39 is 6.04 Å². The Morgan fingerprint density at radius 2 is 1.63 bits per heavy atom. The molecule has 0 aliphatic rings. The quantitative estimate of drug-likeness (QED) is 0.255. The molecule has 0 spiro atoms. The number of nitrogens with one attached hydrogen (secondary N) is 2. The van der Waals surface area contributed by atoms with Crippen molar-refractivity contribution in [3.05, 3.63) is 29.3 Å². The van der Waals surface area contributed by atoms with E-state index in [9.17, 15) is 9.59 Å². The van der Waals surface area contributed by atoms with E-state index in [1.165, 1.54) is 11.1 Å². The van der Waals surface area contributed by atoms with E-state index in [-0.39, 0.29) is 28.6 Å². The lowest BCUT2D eigenvalue weighted by atomic mass is 9.76. The zero-order valence-corrected chi connectivity index (χ0v) is 24.0. The van der Waals surface area contributed by atoms with Crippen molar-refractivity contribution < 1.29 is 14.3 Å². The van der Waals surface area contributed by atoms with E-state index in [1.54, 1.807) is 0 Å². The Labute approximate surface area is 215 Å². The summed E-state index contributed by atoms with van der Waals surface area (Å²) in [7, 11) is 0. The second-order valence-corrected chi connectivity index (χ2v) is 11.2. The molecule has 2 unspecified atom stereocenters. The maximum absolute atomic E-state index is 12.7. The third kappa shape index (κ3) is 9.50. The molecule has 5 nitrogen and oxygen atoms in total. The molecule has 2 atom stereocenters. The van der Waals surface area contributed by atoms with Crippen LogP contribution in [-0.4, -0.2) is 31.0 Å². The molecule has 0 heterocycles. The zero-order valence-electron chi connectivity index (χ0n) is 24.0. The summed E-state index contributed by atoms with van der Waals surface area (Å²) in [5.41, 5.74) is 2.80. The molecule has 0 aliphatic heterocycles. The minimum absolute atomic E-state index is 0.0380. The molecule has 2 N–H and O–H groups in total. The number of hydrogen-bond acceptors (Lipinski definition) is 3. The number of ether oxygens (including phenoxy) is 1. The van der Waals surface area contributed by atoms with Gasteiger partial charge in [0.2, 0.25) is 11.8 Å². The number of amides is 2. The molecule has 1 rings (SSSR count). The summed E-state index contributed by atoms with van der Waals surface area (Å²) in [6, 6.07) is 6.21. The predicted molar refractivity (Wildman–Crippen MR) is 147 cm³/mol. The van der Waals surface area contributed by atoms with Gasteiger partial charge in [0.1, 0.15) is 11.8 Å². The van der Waals surface area contributed by atoms with Crippen molar-refractivity contribution in [1.29, 1.82) is 0 Å². The standard InChI is InChI=1S/C30H52N2O3/c1-10-16-26(33)32-27(22(5)11-2)28(34)31-19-14-15-20-35-25-18-17-23(29(6,7)12-3)21-24(25)30(8,9)13-4/h17-18,21-22,27H,10-16,19-20H2,1-9H3,(H,31,34)(H,32,33). The highest BCUT2D eigenvalue weighted by Gasteiger charge is 2.27. The second kappa shape index (κ2) is 14.5. The molecular weight excluding hydrogens is 436 g/mol. The van der Waals surface area contributed by atoms with Crippen LogP contribution in [0, 0.1) is 5.92 Å². The number of unbranched alkanes of at least 4 members (excludes halogenated alkanes) is 1. The molecule has 35 heavy (non-hydrogen) atoms. The number of rotatable bonds is 16. The Bertz CT molecular complexity index is 801. The van der Waals surface area contributed by atoms with Crippen LogP contribution in [-0.2, 0) is 20.4 Å². The minimum Gasteiger partial charge on any atom is -0.493 e. The molecule has 0 aromatic heterocycles. The molecule has 5 heteroatoms. The molecular formula is C30H52N2O3. The highest BCUT2D eigenvalue weighted by atomic mass is 16.5. The number of benzene rings is 1. The van der Waals surface area contributed by atoms with E-state index in [0.29, 0.717) is 19.6 Å². The number of carbonyl (C=O) groups excluding carboxylic acids is 2. The molecule has 0 fully saturated rings. The van der Waals surface area contributed by atoms with Crippen molar-refractivity contribution in [1.82, 2.24) is 10.6 Å². The fourth-order valence-corrected chi connectivity index (χ4v) is 3.91. The molecule has 2 amide bonds. The minimum atomic E-state index is -0.472. The van der Waals surface area contributed by atoms with E-state index in [2.05, 4.69) is 70.4 Å². The topological polar surface area (TPSA) is 67.4 Å². The maximum atomic E-state index is 12.7. The van der Waals surface area contributed by atoms with Crippen LogP contribution in [0.4, 0.5) is 0 Å². The Kier molecular flexibility index (Phi) is 12.8. The van der Waals surface area contributed by atoms with Gasteiger partial charge in [-0.15, -0.1) is 0 Å². The van der Waals surface area contributed by atoms with Gasteiger partial charge in [0.15, 0.2) is 0 Å². The first kappa shape index (κ1) is 31.0. The molecule has 0 saturated carbocycles. The van der Waals surface area contributed by atoms with Gasteiger partial charge in [-0.25, -0.2) is 0 Å². The van der Waals surface area contributed by atoms with Crippen LogP contribution in [0.15, 0.2) is 18.2 Å². The molecule has 0 aliphatic carbocycles. The van der Waals surface area contributed by atoms with Crippen molar-refractivity contribution in [2.75, 3.05) is 13.2 Å². The van der Waals surface area contributed by atoms with Gasteiger partial charge in [0.05, 0.1) is 6.61 Å². The van der Waals surface area contributed by atoms with Gasteiger partial charge in [0.25, 0.3) is 0 Å². The number of hydrogen-bond donors (Lipinski definition) is 2. The smallest absolute Gasteiger partial charge is 0.242 e. The van der Waals surface area contributed by atoms with Crippen LogP contribution in [0.1, 0.15) is 118 Å². The predicted octanol–water partition coefficient (Wildman–Crippen LogP) is 6.67. The fraction of sp³-hybridized carbons (Fsp3) is 0.733. The lowest BCUT2D eigenvalue weighted by Gasteiger charge is -2.30. The molecule has 200 valence electrons. The van der Waals surface area contributed by atoms with Gasteiger partial charge in [0, 0.05) is 18.5 Å². The first-order valence-electron chi connectivity index (χ1n) is 13.8. The lowest BCUT2D eigenvalue weighted by molar-refractivity contribution is -0.130. The van der Waals surface area contributed by atoms with Crippen molar-refractivity contribution in [3.63, 3.8) is 0 Å². The summed E-state index contributed by atoms with van der Waals surface area (Å²) < 4.78 is 6.25. The van der Waals surface area contributed by atoms with E-state index >= 15 is 0 Å². The average Bonchev–Trinajstić information content (AvgIpc) is 2.84. The highest BCUT2D eigenvalue weighted by molar-refractivity contribution is 5.87.